The van der Waals surface area contributed by atoms with Gasteiger partial charge in [-0.1, -0.05) is 24.3 Å². The van der Waals surface area contributed by atoms with E-state index in [1.165, 1.54) is 7.11 Å². The smallest absolute Gasteiger partial charge is 0.331 e. The number of hydrogen-bond donors (Lipinski definition) is 1. The van der Waals surface area contributed by atoms with E-state index in [0.717, 1.165) is 29.0 Å². The monoisotopic (exact) mass is 369 g/mol. The van der Waals surface area contributed by atoms with Crippen LogP contribution in [0.4, 0.5) is 0 Å². The normalized spacial score (nSPS) is 17.2. The summed E-state index contributed by atoms with van der Waals surface area (Å²) in [5, 5.41) is 15.1. The molecule has 2 heterocycles. The number of amides is 1. The van der Waals surface area contributed by atoms with E-state index in [-0.39, 0.29) is 4.91 Å². The van der Waals surface area contributed by atoms with Crippen LogP contribution in [-0.4, -0.2) is 40.1 Å². The average Bonchev–Trinajstić information content (AvgIpc) is 3.26. The van der Waals surface area contributed by atoms with E-state index in [4.69, 9.17) is 0 Å². The fourth-order valence-corrected chi connectivity index (χ4v) is 2.90. The third-order valence-electron chi connectivity index (χ3n) is 3.39. The van der Waals surface area contributed by atoms with Crippen molar-refractivity contribution in [3.8, 4) is 0 Å². The number of hydrogen-bond acceptors (Lipinski definition) is 7. The van der Waals surface area contributed by atoms with Crippen LogP contribution in [-0.2, 0) is 20.9 Å². The molecule has 1 fully saturated rings. The Balaban J connectivity index is 1.71. The van der Waals surface area contributed by atoms with Crippen molar-refractivity contribution in [3.05, 3.63) is 64.8 Å². The molecule has 3 rings (SSSR count). The second-order valence-electron chi connectivity index (χ2n) is 5.14. The molecular formula is C17H15N5O3S. The molecule has 1 aromatic carbocycles. The van der Waals surface area contributed by atoms with Gasteiger partial charge in [0.05, 0.1) is 24.8 Å². The highest BCUT2D eigenvalue weighted by Crippen LogP contribution is 2.23. The zero-order chi connectivity index (χ0) is 18.4. The minimum absolute atomic E-state index is 0.213. The molecule has 0 aliphatic carbocycles. The van der Waals surface area contributed by atoms with Crippen LogP contribution in [0, 0.1) is 0 Å². The summed E-state index contributed by atoms with van der Waals surface area (Å²) < 4.78 is 6.32. The lowest BCUT2D eigenvalue weighted by atomic mass is 10.1. The van der Waals surface area contributed by atoms with Crippen molar-refractivity contribution in [2.75, 3.05) is 7.11 Å². The zero-order valence-corrected chi connectivity index (χ0v) is 14.6. The Morgan fingerprint density at radius 2 is 2.23 bits per heavy atom. The molecular weight excluding hydrogens is 354 g/mol. The van der Waals surface area contributed by atoms with Crippen LogP contribution < -0.4 is 5.32 Å². The summed E-state index contributed by atoms with van der Waals surface area (Å²) in [5.74, 6) is -1.01. The third kappa shape index (κ3) is 4.45. The Kier molecular flexibility index (Phi) is 5.59. The van der Waals surface area contributed by atoms with E-state index >= 15 is 0 Å². The predicted molar refractivity (Wildman–Crippen MR) is 98.6 cm³/mol. The van der Waals surface area contributed by atoms with Gasteiger partial charge in [-0.3, -0.25) is 14.8 Å². The van der Waals surface area contributed by atoms with E-state index in [9.17, 15) is 9.59 Å². The van der Waals surface area contributed by atoms with Crippen LogP contribution in [0.5, 0.6) is 0 Å². The fraction of sp³-hybridized carbons (Fsp3) is 0.118. The Labute approximate surface area is 153 Å². The Morgan fingerprint density at radius 1 is 1.38 bits per heavy atom. The summed E-state index contributed by atoms with van der Waals surface area (Å²) >= 11 is 1.03. The number of esters is 1. The molecule has 0 spiro atoms. The highest BCUT2D eigenvalue weighted by Gasteiger charge is 2.24. The van der Waals surface area contributed by atoms with Crippen molar-refractivity contribution < 1.29 is 14.3 Å². The highest BCUT2D eigenvalue weighted by atomic mass is 32.2. The fourth-order valence-electron chi connectivity index (χ4n) is 2.16. The summed E-state index contributed by atoms with van der Waals surface area (Å²) in [5.41, 5.74) is 1.93. The van der Waals surface area contributed by atoms with Crippen molar-refractivity contribution in [1.82, 2.24) is 15.1 Å². The lowest BCUT2D eigenvalue weighted by Gasteiger charge is -2.05. The molecule has 8 nitrogen and oxygen atoms in total. The summed E-state index contributed by atoms with van der Waals surface area (Å²) in [6.45, 7) is 0.614. The lowest BCUT2D eigenvalue weighted by Crippen LogP contribution is -2.19. The van der Waals surface area contributed by atoms with Crippen molar-refractivity contribution >= 4 is 35.0 Å². The van der Waals surface area contributed by atoms with Gasteiger partial charge in [0.25, 0.3) is 5.91 Å². The number of carbonyl (C=O) groups is 2. The van der Waals surface area contributed by atoms with Crippen LogP contribution >= 0.6 is 11.8 Å². The molecule has 132 valence electrons. The van der Waals surface area contributed by atoms with Gasteiger partial charge in [0.2, 0.25) is 0 Å². The standard InChI is InChI=1S/C17H15N5O3S/c1-25-15(23)9-14-16(24)20-17(26-14)21-18-10-12-5-2-3-6-13(12)11-22-8-4-7-19-22/h2-10H,11H2,1H3,(H,20,21,24)/b14-9+,18-10?. The molecule has 1 amide bonds. The Morgan fingerprint density at radius 3 is 3.00 bits per heavy atom. The minimum atomic E-state index is -0.597. The molecule has 1 aromatic heterocycles. The quantitative estimate of drug-likeness (QED) is 0.373. The number of benzene rings is 1. The first kappa shape index (κ1) is 17.6. The van der Waals surface area contributed by atoms with Gasteiger partial charge in [-0.25, -0.2) is 4.79 Å². The Bertz CT molecular complexity index is 903. The largest absolute Gasteiger partial charge is 0.466 e. The van der Waals surface area contributed by atoms with Gasteiger partial charge in [-0.05, 0) is 29.0 Å². The summed E-state index contributed by atoms with van der Waals surface area (Å²) in [4.78, 5) is 23.2. The van der Waals surface area contributed by atoms with Crippen LogP contribution in [0.15, 0.2) is 63.9 Å². The van der Waals surface area contributed by atoms with Gasteiger partial charge in [-0.2, -0.15) is 10.2 Å². The van der Waals surface area contributed by atoms with Gasteiger partial charge < -0.3 is 4.74 Å². The maximum atomic E-state index is 11.8. The number of aromatic nitrogens is 2. The van der Waals surface area contributed by atoms with Crippen LogP contribution in [0.3, 0.4) is 0 Å². The van der Waals surface area contributed by atoms with Gasteiger partial charge >= 0.3 is 5.97 Å². The van der Waals surface area contributed by atoms with E-state index in [1.54, 1.807) is 12.4 Å². The van der Waals surface area contributed by atoms with Gasteiger partial charge in [-0.15, -0.1) is 5.10 Å². The lowest BCUT2D eigenvalue weighted by molar-refractivity contribution is -0.135. The van der Waals surface area contributed by atoms with Crippen molar-refractivity contribution in [2.45, 2.75) is 6.54 Å². The highest BCUT2D eigenvalue weighted by molar-refractivity contribution is 8.18. The third-order valence-corrected chi connectivity index (χ3v) is 4.29. The molecule has 1 aliphatic heterocycles. The van der Waals surface area contributed by atoms with Gasteiger partial charge in [0.1, 0.15) is 0 Å². The van der Waals surface area contributed by atoms with E-state index < -0.39 is 11.9 Å². The molecule has 0 bridgehead atoms. The number of amidine groups is 1. The van der Waals surface area contributed by atoms with Crippen LogP contribution in [0.1, 0.15) is 11.1 Å². The number of methoxy groups -OCH3 is 1. The minimum Gasteiger partial charge on any atom is -0.466 e. The zero-order valence-electron chi connectivity index (χ0n) is 13.8. The topological polar surface area (TPSA) is 97.9 Å². The first-order valence-corrected chi connectivity index (χ1v) is 8.42. The molecule has 1 N–H and O–H groups in total. The molecule has 1 aliphatic rings. The Hall–Kier alpha value is -3.20. The molecule has 26 heavy (non-hydrogen) atoms. The van der Waals surface area contributed by atoms with Crippen LogP contribution in [0.2, 0.25) is 0 Å². The molecule has 9 heteroatoms. The number of rotatable bonds is 5. The number of thioether (sulfide) groups is 1. The van der Waals surface area contributed by atoms with Crippen molar-refractivity contribution in [3.63, 3.8) is 0 Å². The van der Waals surface area contributed by atoms with Crippen molar-refractivity contribution in [2.24, 2.45) is 10.2 Å². The number of nitrogens with zero attached hydrogens (tertiary/aromatic N) is 4. The van der Waals surface area contributed by atoms with E-state index in [1.807, 2.05) is 41.2 Å². The second-order valence-corrected chi connectivity index (χ2v) is 6.17. The second kappa shape index (κ2) is 8.26. The summed E-state index contributed by atoms with van der Waals surface area (Å²) in [6.07, 6.45) is 6.34. The predicted octanol–water partition coefficient (Wildman–Crippen LogP) is 1.54. The molecule has 0 radical (unpaired) electrons. The van der Waals surface area contributed by atoms with E-state index in [2.05, 4.69) is 25.4 Å². The number of ether oxygens (including phenoxy) is 1. The van der Waals surface area contributed by atoms with Crippen molar-refractivity contribution in [1.29, 1.82) is 0 Å². The molecule has 1 saturated heterocycles. The summed E-state index contributed by atoms with van der Waals surface area (Å²) in [6, 6.07) is 9.62. The summed E-state index contributed by atoms with van der Waals surface area (Å²) in [7, 11) is 1.25. The molecule has 0 unspecified atom stereocenters. The average molecular weight is 369 g/mol. The first-order chi connectivity index (χ1) is 12.7. The number of nitrogens with one attached hydrogen (secondary N) is 1. The number of carbonyl (C=O) groups excluding carboxylic acids is 2. The van der Waals surface area contributed by atoms with Gasteiger partial charge in [0.15, 0.2) is 5.17 Å². The molecule has 0 saturated carbocycles. The SMILES string of the molecule is COC(=O)/C=C1/S/C(=N\N=Cc2ccccc2Cn2cccn2)NC1=O. The first-order valence-electron chi connectivity index (χ1n) is 7.61. The maximum Gasteiger partial charge on any atom is 0.331 e. The molecule has 2 aromatic rings. The van der Waals surface area contributed by atoms with E-state index in [0.29, 0.717) is 11.7 Å². The van der Waals surface area contributed by atoms with Gasteiger partial charge in [0, 0.05) is 18.5 Å². The molecule has 0 atom stereocenters. The van der Waals surface area contributed by atoms with Crippen LogP contribution in [0.25, 0.3) is 0 Å². The maximum absolute atomic E-state index is 11.8.